The summed E-state index contributed by atoms with van der Waals surface area (Å²) in [5, 5.41) is 18.9. The number of amides is 1. The van der Waals surface area contributed by atoms with Crippen molar-refractivity contribution in [3.8, 4) is 5.75 Å². The van der Waals surface area contributed by atoms with Crippen LogP contribution in [0.3, 0.4) is 0 Å². The van der Waals surface area contributed by atoms with Crippen molar-refractivity contribution in [2.75, 3.05) is 13.1 Å². The van der Waals surface area contributed by atoms with E-state index in [-0.39, 0.29) is 28.5 Å². The minimum absolute atomic E-state index is 0.0203. The van der Waals surface area contributed by atoms with Crippen molar-refractivity contribution in [3.05, 3.63) is 76.5 Å². The monoisotopic (exact) mass is 449 g/mol. The first-order valence-corrected chi connectivity index (χ1v) is 11.5. The van der Waals surface area contributed by atoms with Gasteiger partial charge in [0.25, 0.3) is 5.91 Å². The van der Waals surface area contributed by atoms with E-state index in [0.717, 1.165) is 48.6 Å². The number of allylic oxidation sites excluding steroid dienone is 1. The van der Waals surface area contributed by atoms with Crippen LogP contribution in [0.5, 0.6) is 5.75 Å². The molecular weight excluding hydrogens is 424 g/mol. The molecule has 1 amide bonds. The number of benzene rings is 2. The van der Waals surface area contributed by atoms with Gasteiger partial charge in [0.1, 0.15) is 22.9 Å². The lowest BCUT2D eigenvalue weighted by molar-refractivity contribution is -0.0925. The van der Waals surface area contributed by atoms with Crippen molar-refractivity contribution in [2.24, 2.45) is 27.5 Å². The van der Waals surface area contributed by atoms with Gasteiger partial charge in [0, 0.05) is 24.4 Å². The van der Waals surface area contributed by atoms with Crippen molar-refractivity contribution in [1.29, 1.82) is 0 Å². The summed E-state index contributed by atoms with van der Waals surface area (Å²) < 4.78 is 28.3. The molecule has 6 rings (SSSR count). The average Bonchev–Trinajstić information content (AvgIpc) is 3.49. The second kappa shape index (κ2) is 6.95. The number of rotatable bonds is 4. The molecular formula is C26H25F2N3O2. The molecule has 4 aliphatic rings. The van der Waals surface area contributed by atoms with Crippen LogP contribution in [-0.2, 0) is 5.54 Å². The predicted octanol–water partition coefficient (Wildman–Crippen LogP) is 5.49. The van der Waals surface area contributed by atoms with E-state index in [1.165, 1.54) is 18.2 Å². The van der Waals surface area contributed by atoms with E-state index in [4.69, 9.17) is 5.11 Å². The molecule has 1 spiro atoms. The highest BCUT2D eigenvalue weighted by Crippen LogP contribution is 2.61. The number of likely N-dealkylation sites (tertiary alicyclic amines) is 1. The number of phenols is 1. The maximum absolute atomic E-state index is 14.2. The molecule has 1 N–H and O–H groups in total. The predicted molar refractivity (Wildman–Crippen MR) is 118 cm³/mol. The van der Waals surface area contributed by atoms with Crippen molar-refractivity contribution < 1.29 is 18.7 Å². The average molecular weight is 450 g/mol. The number of halogens is 2. The summed E-state index contributed by atoms with van der Waals surface area (Å²) in [6.07, 6.45) is 6.11. The lowest BCUT2D eigenvalue weighted by Gasteiger charge is -2.61. The Morgan fingerprint density at radius 1 is 1.12 bits per heavy atom. The zero-order chi connectivity index (χ0) is 23.0. The second-order valence-corrected chi connectivity index (χ2v) is 10.3. The molecule has 0 bridgehead atoms. The Morgan fingerprint density at radius 3 is 2.61 bits per heavy atom. The van der Waals surface area contributed by atoms with E-state index in [1.54, 1.807) is 17.0 Å². The summed E-state index contributed by atoms with van der Waals surface area (Å²) in [6, 6.07) is 8.38. The van der Waals surface area contributed by atoms with Crippen molar-refractivity contribution in [1.82, 2.24) is 4.90 Å². The number of azo groups is 1. The quantitative estimate of drug-likeness (QED) is 0.671. The maximum atomic E-state index is 14.2. The minimum Gasteiger partial charge on any atom is -0.508 e. The Labute approximate surface area is 190 Å². The summed E-state index contributed by atoms with van der Waals surface area (Å²) >= 11 is 0. The Kier molecular flexibility index (Phi) is 4.32. The zero-order valence-corrected chi connectivity index (χ0v) is 18.4. The fraction of sp³-hybridized carbons (Fsp3) is 0.423. The number of carbonyl (C=O) groups excluding carboxylic acids is 1. The molecule has 3 fully saturated rings. The number of carbonyl (C=O) groups is 1. The molecule has 2 aliphatic carbocycles. The maximum Gasteiger partial charge on any atom is 0.257 e. The third-order valence-electron chi connectivity index (χ3n) is 7.83. The van der Waals surface area contributed by atoms with Crippen LogP contribution in [0.4, 0.5) is 8.78 Å². The summed E-state index contributed by atoms with van der Waals surface area (Å²) in [5.41, 5.74) is 2.11. The van der Waals surface area contributed by atoms with Gasteiger partial charge < -0.3 is 10.0 Å². The molecule has 0 aromatic heterocycles. The minimum atomic E-state index is -0.656. The van der Waals surface area contributed by atoms with Gasteiger partial charge in [0.2, 0.25) is 0 Å². The van der Waals surface area contributed by atoms with Crippen molar-refractivity contribution in [3.63, 3.8) is 0 Å². The number of nitrogens with zero attached hydrogens (tertiary/aromatic N) is 3. The molecule has 2 aromatic carbocycles. The van der Waals surface area contributed by atoms with Gasteiger partial charge in [0.15, 0.2) is 0 Å². The number of phenolic OH excluding ortho intramolecular Hbond substituents is 1. The molecule has 7 heteroatoms. The second-order valence-electron chi connectivity index (χ2n) is 10.3. The van der Waals surface area contributed by atoms with Gasteiger partial charge in [-0.15, -0.1) is 0 Å². The summed E-state index contributed by atoms with van der Waals surface area (Å²) in [5.74, 6) is -0.795. The lowest BCUT2D eigenvalue weighted by Crippen LogP contribution is -2.65. The molecule has 0 radical (unpaired) electrons. The van der Waals surface area contributed by atoms with E-state index in [2.05, 4.69) is 11.2 Å². The molecule has 1 unspecified atom stereocenters. The van der Waals surface area contributed by atoms with Crippen LogP contribution < -0.4 is 0 Å². The summed E-state index contributed by atoms with van der Waals surface area (Å²) in [4.78, 5) is 14.4. The largest absolute Gasteiger partial charge is 0.508 e. The summed E-state index contributed by atoms with van der Waals surface area (Å²) in [7, 11) is 0. The fourth-order valence-corrected chi connectivity index (χ4v) is 5.89. The molecule has 2 heterocycles. The fourth-order valence-electron chi connectivity index (χ4n) is 5.89. The molecule has 170 valence electrons. The SMILES string of the molecule is Cc1ccc(F)cc1C1(C2CC3(C2)CN(C(=O)c2cc(O)ccc2F)C3)C=C(C2CC2)N=N1. The highest BCUT2D eigenvalue weighted by Gasteiger charge is 2.60. The molecule has 2 aromatic rings. The number of hydrogen-bond acceptors (Lipinski definition) is 4. The van der Waals surface area contributed by atoms with Gasteiger partial charge in [-0.3, -0.25) is 4.79 Å². The van der Waals surface area contributed by atoms with E-state index >= 15 is 0 Å². The number of hydrogen-bond donors (Lipinski definition) is 1. The summed E-state index contributed by atoms with van der Waals surface area (Å²) in [6.45, 7) is 3.08. The van der Waals surface area contributed by atoms with Crippen molar-refractivity contribution in [2.45, 2.75) is 38.1 Å². The van der Waals surface area contributed by atoms with Gasteiger partial charge in [0.05, 0.1) is 11.3 Å². The third-order valence-corrected chi connectivity index (χ3v) is 7.83. The molecule has 1 atom stereocenters. The Bertz CT molecular complexity index is 1220. The zero-order valence-electron chi connectivity index (χ0n) is 18.4. The van der Waals surface area contributed by atoms with Gasteiger partial charge in [-0.25, -0.2) is 8.78 Å². The first-order valence-electron chi connectivity index (χ1n) is 11.5. The van der Waals surface area contributed by atoms with Crippen LogP contribution in [0, 0.1) is 35.8 Å². The molecule has 2 saturated carbocycles. The van der Waals surface area contributed by atoms with Gasteiger partial charge >= 0.3 is 0 Å². The highest BCUT2D eigenvalue weighted by molar-refractivity contribution is 5.95. The van der Waals surface area contributed by atoms with E-state index in [1.807, 2.05) is 6.92 Å². The van der Waals surface area contributed by atoms with Crippen LogP contribution >= 0.6 is 0 Å². The van der Waals surface area contributed by atoms with Crippen LogP contribution in [-0.4, -0.2) is 29.0 Å². The highest BCUT2D eigenvalue weighted by atomic mass is 19.1. The molecule has 33 heavy (non-hydrogen) atoms. The van der Waals surface area contributed by atoms with E-state index in [9.17, 15) is 18.7 Å². The van der Waals surface area contributed by atoms with Gasteiger partial charge in [-0.05, 0) is 86.1 Å². The van der Waals surface area contributed by atoms with Crippen LogP contribution in [0.2, 0.25) is 0 Å². The van der Waals surface area contributed by atoms with E-state index < -0.39 is 17.3 Å². The topological polar surface area (TPSA) is 65.3 Å². The molecule has 5 nitrogen and oxygen atoms in total. The first-order chi connectivity index (χ1) is 15.8. The van der Waals surface area contributed by atoms with Crippen LogP contribution in [0.25, 0.3) is 0 Å². The van der Waals surface area contributed by atoms with Crippen LogP contribution in [0.1, 0.15) is 47.2 Å². The van der Waals surface area contributed by atoms with Crippen molar-refractivity contribution >= 4 is 5.91 Å². The lowest BCUT2D eigenvalue weighted by atomic mass is 9.51. The van der Waals surface area contributed by atoms with Crippen LogP contribution in [0.15, 0.2) is 58.4 Å². The number of aryl methyl sites for hydroxylation is 1. The van der Waals surface area contributed by atoms with Gasteiger partial charge in [-0.2, -0.15) is 10.2 Å². The smallest absolute Gasteiger partial charge is 0.257 e. The Morgan fingerprint density at radius 2 is 1.88 bits per heavy atom. The first kappa shape index (κ1) is 20.5. The Hall–Kier alpha value is -3.09. The molecule has 1 saturated heterocycles. The Balaban J connectivity index is 1.22. The standard InChI is InChI=1S/C26H25F2N3O2/c1-15-2-5-18(27)8-21(15)26(12-23(29-30-26)16-3-4-16)17-10-25(11-17)13-31(14-25)24(33)20-9-19(32)6-7-22(20)28/h2,5-9,12,16-17,32H,3-4,10-11,13-14H2,1H3. The van der Waals surface area contributed by atoms with Gasteiger partial charge in [-0.1, -0.05) is 6.07 Å². The molecule has 2 aliphatic heterocycles. The normalized spacial score (nSPS) is 25.7. The number of aromatic hydroxyl groups is 1. The third kappa shape index (κ3) is 3.20. The van der Waals surface area contributed by atoms with E-state index in [0.29, 0.717) is 19.0 Å².